The molecule has 0 spiro atoms. The van der Waals surface area contributed by atoms with Crippen LogP contribution in [0.5, 0.6) is 5.75 Å². The smallest absolute Gasteiger partial charge is 0.120 e. The molecule has 1 aromatic carbocycles. The highest BCUT2D eigenvalue weighted by atomic mass is 79.9. The summed E-state index contributed by atoms with van der Waals surface area (Å²) in [7, 11) is 2.11. The van der Waals surface area contributed by atoms with Crippen LogP contribution in [0, 0.1) is 0 Å². The molecule has 1 aliphatic rings. The van der Waals surface area contributed by atoms with E-state index < -0.39 is 0 Å². The fourth-order valence-corrected chi connectivity index (χ4v) is 2.09. The Labute approximate surface area is 104 Å². The average Bonchev–Trinajstić information content (AvgIpc) is 2.27. The van der Waals surface area contributed by atoms with Crippen molar-refractivity contribution in [3.8, 4) is 5.75 Å². The summed E-state index contributed by atoms with van der Waals surface area (Å²) >= 11 is 3.42. The summed E-state index contributed by atoms with van der Waals surface area (Å²) in [6, 6.07) is 7.87. The van der Waals surface area contributed by atoms with Gasteiger partial charge in [-0.3, -0.25) is 0 Å². The molecule has 1 aromatic rings. The highest BCUT2D eigenvalue weighted by Crippen LogP contribution is 2.18. The van der Waals surface area contributed by atoms with Crippen molar-refractivity contribution < 1.29 is 9.47 Å². The number of benzene rings is 1. The summed E-state index contributed by atoms with van der Waals surface area (Å²) in [5, 5.41) is 0. The van der Waals surface area contributed by atoms with E-state index in [0.717, 1.165) is 29.9 Å². The van der Waals surface area contributed by atoms with Gasteiger partial charge < -0.3 is 14.4 Å². The Morgan fingerprint density at radius 3 is 3.19 bits per heavy atom. The zero-order valence-corrected chi connectivity index (χ0v) is 10.9. The SMILES string of the molecule is CN1CCO[C@H](COc2cccc(Br)c2)C1. The molecule has 0 aromatic heterocycles. The highest BCUT2D eigenvalue weighted by molar-refractivity contribution is 9.10. The van der Waals surface area contributed by atoms with E-state index in [1.165, 1.54) is 0 Å². The maximum Gasteiger partial charge on any atom is 0.120 e. The number of morpholine rings is 1. The van der Waals surface area contributed by atoms with Crippen LogP contribution in [0.4, 0.5) is 0 Å². The van der Waals surface area contributed by atoms with Crippen LogP contribution >= 0.6 is 15.9 Å². The summed E-state index contributed by atoms with van der Waals surface area (Å²) < 4.78 is 12.3. The van der Waals surface area contributed by atoms with Gasteiger partial charge >= 0.3 is 0 Å². The van der Waals surface area contributed by atoms with E-state index >= 15 is 0 Å². The summed E-state index contributed by atoms with van der Waals surface area (Å²) in [6.07, 6.45) is 0.178. The summed E-state index contributed by atoms with van der Waals surface area (Å²) in [5.41, 5.74) is 0. The second kappa shape index (κ2) is 5.66. The predicted molar refractivity (Wildman–Crippen MR) is 66.9 cm³/mol. The van der Waals surface area contributed by atoms with E-state index in [-0.39, 0.29) is 6.10 Å². The minimum Gasteiger partial charge on any atom is -0.491 e. The van der Waals surface area contributed by atoms with Gasteiger partial charge in [0.2, 0.25) is 0 Å². The van der Waals surface area contributed by atoms with Gasteiger partial charge in [0.05, 0.1) is 6.61 Å². The summed E-state index contributed by atoms with van der Waals surface area (Å²) in [6.45, 7) is 3.35. The molecular formula is C12H16BrNO2. The topological polar surface area (TPSA) is 21.7 Å². The quantitative estimate of drug-likeness (QED) is 0.850. The number of hydrogen-bond acceptors (Lipinski definition) is 3. The van der Waals surface area contributed by atoms with Crippen LogP contribution in [0.25, 0.3) is 0 Å². The normalized spacial score (nSPS) is 22.0. The fourth-order valence-electron chi connectivity index (χ4n) is 1.71. The summed E-state index contributed by atoms with van der Waals surface area (Å²) in [5.74, 6) is 0.881. The van der Waals surface area contributed by atoms with Crippen molar-refractivity contribution in [3.05, 3.63) is 28.7 Å². The molecule has 3 nitrogen and oxygen atoms in total. The van der Waals surface area contributed by atoms with Crippen molar-refractivity contribution in [1.29, 1.82) is 0 Å². The Morgan fingerprint density at radius 2 is 2.44 bits per heavy atom. The molecule has 88 valence electrons. The van der Waals surface area contributed by atoms with Gasteiger partial charge in [-0.1, -0.05) is 22.0 Å². The van der Waals surface area contributed by atoms with Gasteiger partial charge in [0.1, 0.15) is 18.5 Å². The van der Waals surface area contributed by atoms with Crippen molar-refractivity contribution in [2.75, 3.05) is 33.4 Å². The van der Waals surface area contributed by atoms with Gasteiger partial charge in [0.25, 0.3) is 0 Å². The number of likely N-dealkylation sites (N-methyl/N-ethyl adjacent to an activating group) is 1. The third-order valence-corrected chi connectivity index (χ3v) is 3.07. The van der Waals surface area contributed by atoms with Crippen molar-refractivity contribution in [2.45, 2.75) is 6.10 Å². The molecule has 1 saturated heterocycles. The molecule has 0 N–H and O–H groups in total. The lowest BCUT2D eigenvalue weighted by atomic mass is 10.3. The van der Waals surface area contributed by atoms with Crippen molar-refractivity contribution in [3.63, 3.8) is 0 Å². The average molecular weight is 286 g/mol. The Morgan fingerprint density at radius 1 is 1.56 bits per heavy atom. The fraction of sp³-hybridized carbons (Fsp3) is 0.500. The lowest BCUT2D eigenvalue weighted by Gasteiger charge is -2.29. The van der Waals surface area contributed by atoms with E-state index in [0.29, 0.717) is 6.61 Å². The Hall–Kier alpha value is -0.580. The molecule has 0 radical (unpaired) electrons. The maximum absolute atomic E-state index is 5.69. The zero-order chi connectivity index (χ0) is 11.4. The second-order valence-corrected chi connectivity index (χ2v) is 4.94. The van der Waals surface area contributed by atoms with Gasteiger partial charge in [-0.05, 0) is 25.2 Å². The maximum atomic E-state index is 5.69. The first kappa shape index (κ1) is 11.9. The van der Waals surface area contributed by atoms with Gasteiger partial charge in [-0.2, -0.15) is 0 Å². The van der Waals surface area contributed by atoms with Crippen LogP contribution in [-0.2, 0) is 4.74 Å². The van der Waals surface area contributed by atoms with Gasteiger partial charge in [-0.25, -0.2) is 0 Å². The first-order valence-electron chi connectivity index (χ1n) is 5.42. The van der Waals surface area contributed by atoms with Crippen LogP contribution < -0.4 is 4.74 Å². The monoisotopic (exact) mass is 285 g/mol. The van der Waals surface area contributed by atoms with Gasteiger partial charge in [-0.15, -0.1) is 0 Å². The minimum absolute atomic E-state index is 0.178. The largest absolute Gasteiger partial charge is 0.491 e. The molecule has 16 heavy (non-hydrogen) atoms. The lowest BCUT2D eigenvalue weighted by molar-refractivity contribution is -0.0403. The second-order valence-electron chi connectivity index (χ2n) is 4.02. The van der Waals surface area contributed by atoms with Gasteiger partial charge in [0.15, 0.2) is 0 Å². The van der Waals surface area contributed by atoms with Crippen LogP contribution in [0.1, 0.15) is 0 Å². The minimum atomic E-state index is 0.178. The van der Waals surface area contributed by atoms with Gasteiger partial charge in [0, 0.05) is 17.6 Å². The number of rotatable bonds is 3. The third kappa shape index (κ3) is 3.47. The highest BCUT2D eigenvalue weighted by Gasteiger charge is 2.18. The molecule has 1 aliphatic heterocycles. The first-order valence-corrected chi connectivity index (χ1v) is 6.22. The lowest BCUT2D eigenvalue weighted by Crippen LogP contribution is -2.42. The van der Waals surface area contributed by atoms with E-state index in [1.54, 1.807) is 0 Å². The number of ether oxygens (including phenoxy) is 2. The van der Waals surface area contributed by atoms with Crippen LogP contribution in [0.2, 0.25) is 0 Å². The molecule has 0 unspecified atom stereocenters. The number of halogens is 1. The molecule has 0 bridgehead atoms. The van der Waals surface area contributed by atoms with E-state index in [4.69, 9.17) is 9.47 Å². The van der Waals surface area contributed by atoms with Crippen LogP contribution in [0.15, 0.2) is 28.7 Å². The Kier molecular flexibility index (Phi) is 4.21. The van der Waals surface area contributed by atoms with Crippen molar-refractivity contribution in [2.24, 2.45) is 0 Å². The molecule has 0 aliphatic carbocycles. The standard InChI is InChI=1S/C12H16BrNO2/c1-14-5-6-15-12(8-14)9-16-11-4-2-3-10(13)7-11/h2-4,7,12H,5-6,8-9H2,1H3/t12-/m0/s1. The van der Waals surface area contributed by atoms with Crippen LogP contribution in [0.3, 0.4) is 0 Å². The Bertz CT molecular complexity index is 346. The molecule has 0 saturated carbocycles. The summed E-state index contributed by atoms with van der Waals surface area (Å²) in [4.78, 5) is 2.26. The number of nitrogens with zero attached hydrogens (tertiary/aromatic N) is 1. The molecular weight excluding hydrogens is 270 g/mol. The molecule has 4 heteroatoms. The van der Waals surface area contributed by atoms with E-state index in [2.05, 4.69) is 27.9 Å². The molecule has 1 fully saturated rings. The predicted octanol–water partition coefficient (Wildman–Crippen LogP) is 2.16. The molecule has 2 rings (SSSR count). The van der Waals surface area contributed by atoms with Crippen LogP contribution in [-0.4, -0.2) is 44.4 Å². The first-order chi connectivity index (χ1) is 7.74. The molecule has 1 atom stereocenters. The third-order valence-electron chi connectivity index (χ3n) is 2.57. The molecule has 1 heterocycles. The zero-order valence-electron chi connectivity index (χ0n) is 9.36. The van der Waals surface area contributed by atoms with Crippen molar-refractivity contribution in [1.82, 2.24) is 4.90 Å². The van der Waals surface area contributed by atoms with E-state index in [9.17, 15) is 0 Å². The Balaban J connectivity index is 1.82. The van der Waals surface area contributed by atoms with E-state index in [1.807, 2.05) is 24.3 Å². The number of hydrogen-bond donors (Lipinski definition) is 0. The van der Waals surface area contributed by atoms with Crippen molar-refractivity contribution >= 4 is 15.9 Å². The molecule has 0 amide bonds.